The Balaban J connectivity index is 1.50. The number of benzene rings is 2. The molecule has 7 heteroatoms. The van der Waals surface area contributed by atoms with E-state index in [4.69, 9.17) is 18.9 Å². The number of fused-ring (bicyclic) bond motifs is 3. The Bertz CT molecular complexity index is 1300. The predicted octanol–water partition coefficient (Wildman–Crippen LogP) is 5.42. The number of carbonyl (C=O) groups excluding carboxylic acids is 2. The lowest BCUT2D eigenvalue weighted by Crippen LogP contribution is -2.35. The molecule has 1 aromatic heterocycles. The van der Waals surface area contributed by atoms with Crippen molar-refractivity contribution in [1.82, 2.24) is 4.57 Å². The van der Waals surface area contributed by atoms with Crippen molar-refractivity contribution in [2.45, 2.75) is 45.0 Å². The third kappa shape index (κ3) is 3.63. The molecular formula is C26H25NO6. The van der Waals surface area contributed by atoms with Gasteiger partial charge in [-0.15, -0.1) is 0 Å². The Kier molecular flexibility index (Phi) is 4.92. The SMILES string of the molecule is COc1cccc2c1C(=O)C1=CO[C@@H](c3cn(C(=O)OC(C)(C)C)c4ccccc34)C[C@H]1O2. The summed E-state index contributed by atoms with van der Waals surface area (Å²) in [5.41, 5.74) is 1.81. The van der Waals surface area contributed by atoms with E-state index in [1.165, 1.54) is 17.9 Å². The van der Waals surface area contributed by atoms with Crippen molar-refractivity contribution >= 4 is 22.8 Å². The van der Waals surface area contributed by atoms with Crippen molar-refractivity contribution < 1.29 is 28.5 Å². The van der Waals surface area contributed by atoms with Gasteiger partial charge in [-0.1, -0.05) is 24.3 Å². The Morgan fingerprint density at radius 2 is 1.88 bits per heavy atom. The van der Waals surface area contributed by atoms with Gasteiger partial charge in [0.2, 0.25) is 5.78 Å². The van der Waals surface area contributed by atoms with Gasteiger partial charge in [0, 0.05) is 23.6 Å². The average molecular weight is 447 g/mol. The summed E-state index contributed by atoms with van der Waals surface area (Å²) in [5, 5.41) is 0.884. The zero-order valence-electron chi connectivity index (χ0n) is 19.0. The minimum atomic E-state index is -0.619. The van der Waals surface area contributed by atoms with Crippen LogP contribution < -0.4 is 9.47 Å². The number of aromatic nitrogens is 1. The lowest BCUT2D eigenvalue weighted by atomic mass is 9.89. The Labute approximate surface area is 191 Å². The second-order valence-corrected chi connectivity index (χ2v) is 9.15. The summed E-state index contributed by atoms with van der Waals surface area (Å²) < 4.78 is 24.6. The quantitative estimate of drug-likeness (QED) is 0.522. The van der Waals surface area contributed by atoms with Gasteiger partial charge in [-0.3, -0.25) is 9.36 Å². The van der Waals surface area contributed by atoms with Gasteiger partial charge in [-0.05, 0) is 39.0 Å². The zero-order valence-corrected chi connectivity index (χ0v) is 19.0. The first kappa shape index (κ1) is 21.1. The maximum absolute atomic E-state index is 13.1. The van der Waals surface area contributed by atoms with Gasteiger partial charge in [0.05, 0.1) is 24.5 Å². The zero-order chi connectivity index (χ0) is 23.3. The highest BCUT2D eigenvalue weighted by Crippen LogP contribution is 2.43. The molecule has 2 aromatic carbocycles. The van der Waals surface area contributed by atoms with Crippen LogP contribution in [0.5, 0.6) is 11.5 Å². The molecule has 3 heterocycles. The molecule has 3 aromatic rings. The van der Waals surface area contributed by atoms with E-state index >= 15 is 0 Å². The van der Waals surface area contributed by atoms with Crippen LogP contribution in [0.2, 0.25) is 0 Å². The summed E-state index contributed by atoms with van der Waals surface area (Å²) in [4.78, 5) is 26.0. The lowest BCUT2D eigenvalue weighted by Gasteiger charge is -2.34. The maximum atomic E-state index is 13.1. The molecule has 0 amide bonds. The number of rotatable bonds is 2. The third-order valence-corrected chi connectivity index (χ3v) is 5.78. The fourth-order valence-electron chi connectivity index (χ4n) is 4.35. The first-order valence-corrected chi connectivity index (χ1v) is 10.8. The predicted molar refractivity (Wildman–Crippen MR) is 122 cm³/mol. The van der Waals surface area contributed by atoms with Crippen LogP contribution in [0, 0.1) is 0 Å². The number of hydrogen-bond acceptors (Lipinski definition) is 6. The van der Waals surface area contributed by atoms with E-state index in [0.29, 0.717) is 29.1 Å². The fraction of sp³-hybridized carbons (Fsp3) is 0.308. The molecule has 170 valence electrons. The molecule has 2 aliphatic heterocycles. The van der Waals surface area contributed by atoms with Crippen molar-refractivity contribution in [1.29, 1.82) is 0 Å². The number of Topliss-reactive ketones (excluding diaryl/α,β-unsaturated/α-hetero) is 1. The number of nitrogens with zero attached hydrogens (tertiary/aromatic N) is 1. The van der Waals surface area contributed by atoms with E-state index in [1.54, 1.807) is 24.4 Å². The first-order valence-electron chi connectivity index (χ1n) is 10.8. The number of ketones is 1. The van der Waals surface area contributed by atoms with E-state index in [1.807, 2.05) is 45.0 Å². The molecule has 2 atom stereocenters. The van der Waals surface area contributed by atoms with Gasteiger partial charge < -0.3 is 18.9 Å². The minimum absolute atomic E-state index is 0.159. The molecule has 33 heavy (non-hydrogen) atoms. The molecular weight excluding hydrogens is 422 g/mol. The molecule has 0 radical (unpaired) electrons. The van der Waals surface area contributed by atoms with Crippen LogP contribution in [0.25, 0.3) is 10.9 Å². The topological polar surface area (TPSA) is 76.0 Å². The Morgan fingerprint density at radius 3 is 2.64 bits per heavy atom. The summed E-state index contributed by atoms with van der Waals surface area (Å²) in [7, 11) is 1.52. The van der Waals surface area contributed by atoms with Gasteiger partial charge in [0.25, 0.3) is 0 Å². The van der Waals surface area contributed by atoms with Crippen molar-refractivity contribution in [3.63, 3.8) is 0 Å². The van der Waals surface area contributed by atoms with Crippen molar-refractivity contribution in [2.75, 3.05) is 7.11 Å². The average Bonchev–Trinajstić information content (AvgIpc) is 3.17. The van der Waals surface area contributed by atoms with Gasteiger partial charge >= 0.3 is 6.09 Å². The van der Waals surface area contributed by atoms with Crippen LogP contribution in [0.4, 0.5) is 4.79 Å². The number of carbonyl (C=O) groups is 2. The van der Waals surface area contributed by atoms with Crippen LogP contribution in [0.15, 0.2) is 60.5 Å². The number of ether oxygens (including phenoxy) is 4. The van der Waals surface area contributed by atoms with E-state index in [9.17, 15) is 9.59 Å². The number of para-hydroxylation sites is 1. The molecule has 0 saturated heterocycles. The second kappa shape index (κ2) is 7.69. The molecule has 0 N–H and O–H groups in total. The van der Waals surface area contributed by atoms with E-state index in [0.717, 1.165) is 16.5 Å². The number of methoxy groups -OCH3 is 1. The third-order valence-electron chi connectivity index (χ3n) is 5.78. The summed E-state index contributed by atoms with van der Waals surface area (Å²) in [6.07, 6.45) is 2.35. The highest BCUT2D eigenvalue weighted by molar-refractivity contribution is 6.14. The molecule has 0 aliphatic carbocycles. The van der Waals surface area contributed by atoms with E-state index < -0.39 is 23.9 Å². The van der Waals surface area contributed by atoms with Crippen LogP contribution in [0.3, 0.4) is 0 Å². The summed E-state index contributed by atoms with van der Waals surface area (Å²) >= 11 is 0. The van der Waals surface area contributed by atoms with Crippen molar-refractivity contribution in [2.24, 2.45) is 0 Å². The van der Waals surface area contributed by atoms with Crippen LogP contribution in [-0.4, -0.2) is 35.3 Å². The standard InChI is InChI=1S/C26H25NO6/c1-26(2,3)33-25(29)27-13-16(15-8-5-6-9-18(15)27)21-12-22-17(14-31-21)24(28)23-19(30-4)10-7-11-20(23)32-22/h5-11,13-14,21-22H,12H2,1-4H3/t21-,22-/m1/s1. The maximum Gasteiger partial charge on any atom is 0.419 e. The van der Waals surface area contributed by atoms with Gasteiger partial charge in [-0.25, -0.2) is 4.79 Å². The summed E-state index contributed by atoms with van der Waals surface area (Å²) in [5.74, 6) is 0.811. The number of hydrogen-bond donors (Lipinski definition) is 0. The molecule has 0 fully saturated rings. The van der Waals surface area contributed by atoms with Crippen LogP contribution in [0.1, 0.15) is 49.2 Å². The largest absolute Gasteiger partial charge is 0.496 e. The highest BCUT2D eigenvalue weighted by Gasteiger charge is 2.40. The molecule has 0 bridgehead atoms. The molecule has 0 saturated carbocycles. The smallest absolute Gasteiger partial charge is 0.419 e. The van der Waals surface area contributed by atoms with Crippen molar-refractivity contribution in [3.8, 4) is 11.5 Å². The Hall–Kier alpha value is -3.74. The lowest BCUT2D eigenvalue weighted by molar-refractivity contribution is 0.0530. The van der Waals surface area contributed by atoms with Gasteiger partial charge in [-0.2, -0.15) is 0 Å². The highest BCUT2D eigenvalue weighted by atomic mass is 16.6. The summed E-state index contributed by atoms with van der Waals surface area (Å²) in [6.45, 7) is 5.50. The normalized spacial score (nSPS) is 19.6. The van der Waals surface area contributed by atoms with Crippen LogP contribution in [-0.2, 0) is 9.47 Å². The first-order chi connectivity index (χ1) is 15.8. The molecule has 5 rings (SSSR count). The second-order valence-electron chi connectivity index (χ2n) is 9.15. The van der Waals surface area contributed by atoms with Crippen LogP contribution >= 0.6 is 0 Å². The molecule has 7 nitrogen and oxygen atoms in total. The van der Waals surface area contributed by atoms with E-state index in [2.05, 4.69) is 0 Å². The van der Waals surface area contributed by atoms with Gasteiger partial charge in [0.1, 0.15) is 34.9 Å². The molecule has 2 aliphatic rings. The Morgan fingerprint density at radius 1 is 1.09 bits per heavy atom. The fourth-order valence-corrected chi connectivity index (χ4v) is 4.35. The molecule has 0 unspecified atom stereocenters. The minimum Gasteiger partial charge on any atom is -0.496 e. The van der Waals surface area contributed by atoms with Crippen molar-refractivity contribution in [3.05, 3.63) is 71.6 Å². The summed E-state index contributed by atoms with van der Waals surface area (Å²) in [6, 6.07) is 12.9. The molecule has 0 spiro atoms. The monoisotopic (exact) mass is 447 g/mol. The van der Waals surface area contributed by atoms with Gasteiger partial charge in [0.15, 0.2) is 0 Å². The van der Waals surface area contributed by atoms with E-state index in [-0.39, 0.29) is 5.78 Å².